The van der Waals surface area contributed by atoms with Gasteiger partial charge in [-0.05, 0) is 13.8 Å². The highest BCUT2D eigenvalue weighted by Gasteiger charge is 2.29. The molecule has 1 saturated heterocycles. The van der Waals surface area contributed by atoms with Crippen molar-refractivity contribution in [2.75, 3.05) is 19.8 Å². The molecule has 0 spiro atoms. The molecule has 2 atom stereocenters. The van der Waals surface area contributed by atoms with E-state index in [1.54, 1.807) is 10.3 Å². The Morgan fingerprint density at radius 1 is 1.63 bits per heavy atom. The zero-order valence-corrected chi connectivity index (χ0v) is 11.9. The molecule has 0 bridgehead atoms. The van der Waals surface area contributed by atoms with Gasteiger partial charge < -0.3 is 14.7 Å². The number of nitrogens with zero attached hydrogens (tertiary/aromatic N) is 2. The molecule has 6 nitrogen and oxygen atoms in total. The predicted molar refractivity (Wildman–Crippen MR) is 71.3 cm³/mol. The second-order valence-electron chi connectivity index (χ2n) is 4.76. The van der Waals surface area contributed by atoms with E-state index in [0.717, 1.165) is 17.0 Å². The number of aryl methyl sites for hydroxylation is 1. The lowest BCUT2D eigenvalue weighted by Gasteiger charge is -2.37. The average molecular weight is 286 g/mol. The number of rotatable bonds is 3. The summed E-state index contributed by atoms with van der Waals surface area (Å²) < 4.78 is 6.87. The highest BCUT2D eigenvalue weighted by atomic mass is 32.1. The number of hydrogen-bond acceptors (Lipinski definition) is 5. The summed E-state index contributed by atoms with van der Waals surface area (Å²) in [7, 11) is 0. The fourth-order valence-electron chi connectivity index (χ4n) is 2.10. The molecule has 1 fully saturated rings. The van der Waals surface area contributed by atoms with Gasteiger partial charge in [0.25, 0.3) is 0 Å². The number of carbonyl (C=O) groups is 1. The molecule has 7 heteroatoms. The van der Waals surface area contributed by atoms with E-state index in [1.807, 2.05) is 13.8 Å². The van der Waals surface area contributed by atoms with E-state index in [-0.39, 0.29) is 36.1 Å². The Balaban J connectivity index is 2.08. The number of carbonyl (C=O) groups excluding carboxylic acids is 1. The molecule has 1 aliphatic heterocycles. The van der Waals surface area contributed by atoms with Crippen LogP contribution in [0.5, 0.6) is 0 Å². The van der Waals surface area contributed by atoms with E-state index in [4.69, 9.17) is 9.84 Å². The first-order valence-electron chi connectivity index (χ1n) is 6.19. The molecule has 0 aliphatic carbocycles. The lowest BCUT2D eigenvalue weighted by molar-refractivity contribution is -0.146. The first kappa shape index (κ1) is 14.2. The highest BCUT2D eigenvalue weighted by Crippen LogP contribution is 2.12. The number of thiazole rings is 1. The van der Waals surface area contributed by atoms with Gasteiger partial charge in [0.2, 0.25) is 5.91 Å². The molecule has 1 aromatic rings. The smallest absolute Gasteiger partial charge is 0.307 e. The topological polar surface area (TPSA) is 71.8 Å². The molecule has 19 heavy (non-hydrogen) atoms. The lowest BCUT2D eigenvalue weighted by Crippen LogP contribution is -2.53. The molecule has 1 amide bonds. The molecule has 1 aromatic heterocycles. The maximum absolute atomic E-state index is 12.3. The standard InChI is InChI=1S/C12H18N2O4S/c1-8-6-18-10(5-15)3-13(8)11(16)4-14-9(2)7-19-12(14)17/h7-8,10,15H,3-6H2,1-2H3. The van der Waals surface area contributed by atoms with Crippen molar-refractivity contribution in [3.63, 3.8) is 0 Å². The minimum atomic E-state index is -0.333. The van der Waals surface area contributed by atoms with E-state index in [9.17, 15) is 9.59 Å². The van der Waals surface area contributed by atoms with Crippen molar-refractivity contribution in [1.82, 2.24) is 9.47 Å². The summed E-state index contributed by atoms with van der Waals surface area (Å²) in [6.07, 6.45) is -0.333. The summed E-state index contributed by atoms with van der Waals surface area (Å²) in [5.74, 6) is -0.113. The van der Waals surface area contributed by atoms with E-state index in [0.29, 0.717) is 13.2 Å². The molecule has 2 rings (SSSR count). The van der Waals surface area contributed by atoms with Crippen LogP contribution < -0.4 is 4.87 Å². The third-order valence-electron chi connectivity index (χ3n) is 3.30. The van der Waals surface area contributed by atoms with Crippen LogP contribution in [0.3, 0.4) is 0 Å². The average Bonchev–Trinajstić information content (AvgIpc) is 2.71. The first-order chi connectivity index (χ1) is 9.02. The van der Waals surface area contributed by atoms with Crippen LogP contribution in [0.1, 0.15) is 12.6 Å². The van der Waals surface area contributed by atoms with Gasteiger partial charge in [0.05, 0.1) is 25.4 Å². The van der Waals surface area contributed by atoms with Gasteiger partial charge in [-0.25, -0.2) is 0 Å². The summed E-state index contributed by atoms with van der Waals surface area (Å²) in [5.41, 5.74) is 0.794. The molecule has 0 aromatic carbocycles. The van der Waals surface area contributed by atoms with Gasteiger partial charge in [0, 0.05) is 17.6 Å². The van der Waals surface area contributed by atoms with Crippen LogP contribution in [-0.2, 0) is 16.1 Å². The van der Waals surface area contributed by atoms with Gasteiger partial charge in [0.1, 0.15) is 6.54 Å². The number of aliphatic hydroxyl groups is 1. The Kier molecular flexibility index (Phi) is 4.38. The Bertz CT molecular complexity index is 510. The summed E-state index contributed by atoms with van der Waals surface area (Å²) >= 11 is 1.10. The quantitative estimate of drug-likeness (QED) is 0.837. The first-order valence-corrected chi connectivity index (χ1v) is 7.07. The Morgan fingerprint density at radius 2 is 2.37 bits per heavy atom. The lowest BCUT2D eigenvalue weighted by atomic mass is 10.2. The van der Waals surface area contributed by atoms with Crippen LogP contribution in [0.15, 0.2) is 10.2 Å². The van der Waals surface area contributed by atoms with Gasteiger partial charge in [-0.2, -0.15) is 0 Å². The number of aliphatic hydroxyl groups excluding tert-OH is 1. The van der Waals surface area contributed by atoms with Crippen molar-refractivity contribution >= 4 is 17.2 Å². The minimum absolute atomic E-state index is 0.0371. The number of hydrogen-bond donors (Lipinski definition) is 1. The number of morpholine rings is 1. The van der Waals surface area contributed by atoms with Crippen LogP contribution in [0, 0.1) is 6.92 Å². The van der Waals surface area contributed by atoms with Crippen molar-refractivity contribution in [3.8, 4) is 0 Å². The number of ether oxygens (including phenoxy) is 1. The molecule has 2 heterocycles. The fourth-order valence-corrected chi connectivity index (χ4v) is 2.83. The van der Waals surface area contributed by atoms with Crippen LogP contribution >= 0.6 is 11.3 Å². The van der Waals surface area contributed by atoms with Crippen LogP contribution in [0.2, 0.25) is 0 Å². The van der Waals surface area contributed by atoms with Gasteiger partial charge >= 0.3 is 4.87 Å². The van der Waals surface area contributed by atoms with E-state index in [2.05, 4.69) is 0 Å². The Morgan fingerprint density at radius 3 is 2.95 bits per heavy atom. The van der Waals surface area contributed by atoms with Crippen molar-refractivity contribution in [2.45, 2.75) is 32.5 Å². The zero-order chi connectivity index (χ0) is 14.0. The summed E-state index contributed by atoms with van der Waals surface area (Å²) in [6.45, 7) is 4.44. The minimum Gasteiger partial charge on any atom is -0.394 e. The van der Waals surface area contributed by atoms with Crippen molar-refractivity contribution < 1.29 is 14.6 Å². The van der Waals surface area contributed by atoms with Gasteiger partial charge in [-0.3, -0.25) is 14.2 Å². The maximum Gasteiger partial charge on any atom is 0.307 e. The molecule has 1 N–H and O–H groups in total. The second kappa shape index (κ2) is 5.85. The molecule has 0 saturated carbocycles. The molecular formula is C12H18N2O4S. The fraction of sp³-hybridized carbons (Fsp3) is 0.667. The van der Waals surface area contributed by atoms with Crippen LogP contribution in [0.25, 0.3) is 0 Å². The van der Waals surface area contributed by atoms with Crippen molar-refractivity contribution in [2.24, 2.45) is 0 Å². The maximum atomic E-state index is 12.3. The normalized spacial score (nSPS) is 23.6. The second-order valence-corrected chi connectivity index (χ2v) is 5.58. The predicted octanol–water partition coefficient (Wildman–Crippen LogP) is -0.174. The Hall–Kier alpha value is -1.18. The molecular weight excluding hydrogens is 268 g/mol. The highest BCUT2D eigenvalue weighted by molar-refractivity contribution is 7.07. The zero-order valence-electron chi connectivity index (χ0n) is 11.0. The summed E-state index contributed by atoms with van der Waals surface area (Å²) in [6, 6.07) is -0.0371. The SMILES string of the molecule is Cc1csc(=O)n1CC(=O)N1CC(CO)OCC1C. The Labute approximate surface area is 115 Å². The van der Waals surface area contributed by atoms with Crippen molar-refractivity contribution in [3.05, 3.63) is 20.7 Å². The number of amides is 1. The molecule has 1 aliphatic rings. The van der Waals surface area contributed by atoms with E-state index < -0.39 is 0 Å². The largest absolute Gasteiger partial charge is 0.394 e. The van der Waals surface area contributed by atoms with Crippen LogP contribution in [0.4, 0.5) is 0 Å². The van der Waals surface area contributed by atoms with Gasteiger partial charge in [-0.15, -0.1) is 0 Å². The number of aromatic nitrogens is 1. The third kappa shape index (κ3) is 3.05. The van der Waals surface area contributed by atoms with E-state index >= 15 is 0 Å². The van der Waals surface area contributed by atoms with Crippen LogP contribution in [-0.4, -0.2) is 52.4 Å². The third-order valence-corrected chi connectivity index (χ3v) is 4.18. The van der Waals surface area contributed by atoms with Gasteiger partial charge in [-0.1, -0.05) is 11.3 Å². The summed E-state index contributed by atoms with van der Waals surface area (Å²) in [4.78, 5) is 25.4. The van der Waals surface area contributed by atoms with Gasteiger partial charge in [0.15, 0.2) is 0 Å². The van der Waals surface area contributed by atoms with E-state index in [1.165, 1.54) is 4.57 Å². The summed E-state index contributed by atoms with van der Waals surface area (Å²) in [5, 5.41) is 10.9. The van der Waals surface area contributed by atoms with Crippen molar-refractivity contribution in [1.29, 1.82) is 0 Å². The molecule has 0 radical (unpaired) electrons. The monoisotopic (exact) mass is 286 g/mol. The molecule has 2 unspecified atom stereocenters. The molecule has 106 valence electrons.